The maximum absolute atomic E-state index is 12.8. The van der Waals surface area contributed by atoms with Crippen LogP contribution < -0.4 is 0 Å². The van der Waals surface area contributed by atoms with Gasteiger partial charge in [-0.05, 0) is 0 Å². The van der Waals surface area contributed by atoms with Gasteiger partial charge in [0, 0.05) is 0 Å². The molecule has 31 heavy (non-hydrogen) atoms. The topological polar surface area (TPSA) is 20.2 Å². The molecule has 19 heteroatoms. The molecule has 0 saturated heterocycles. The van der Waals surface area contributed by atoms with Crippen LogP contribution in [0.3, 0.4) is 0 Å². The van der Waals surface area contributed by atoms with E-state index in [9.17, 15) is 74.6 Å². The second-order valence-electron chi connectivity index (χ2n) is 7.17. The zero-order chi connectivity index (χ0) is 26.5. The van der Waals surface area contributed by atoms with Crippen LogP contribution in [0.5, 0.6) is 0 Å². The van der Waals surface area contributed by atoms with E-state index < -0.39 is 47.8 Å². The summed E-state index contributed by atoms with van der Waals surface area (Å²) in [7, 11) is 8.50. The van der Waals surface area contributed by atoms with Gasteiger partial charge in [0.05, 0.1) is 28.2 Å². The van der Waals surface area contributed by atoms with E-state index in [1.54, 1.807) is 0 Å². The van der Waals surface area contributed by atoms with E-state index in [4.69, 9.17) is 5.11 Å². The molecular weight excluding hydrogens is 497 g/mol. The number of rotatable bonds is 6. The van der Waals surface area contributed by atoms with Crippen LogP contribution in [0.2, 0.25) is 0 Å². The first kappa shape index (κ1) is 31.9. The van der Waals surface area contributed by atoms with Gasteiger partial charge in [-0.1, -0.05) is 0 Å². The summed E-state index contributed by atoms with van der Waals surface area (Å²) >= 11 is 0. The molecule has 0 amide bonds. The molecular formula is C12H13F17NO+. The normalized spacial score (nSPS) is 16.1. The first-order valence-electron chi connectivity index (χ1n) is 6.98. The average Bonchev–Trinajstić information content (AvgIpc) is 2.41. The standard InChI is InChI=1S/C8HF17O.C4H12N/c9-1(10,3(13,14)5(17,18)7(21,22)23)2(11,12)4(15,16)6(19,20)8(24,25)26;1-5(2,3)4/h26H;1-4H3/q;+1. The first-order chi connectivity index (χ1) is 12.8. The molecule has 0 bridgehead atoms. The molecule has 0 saturated carbocycles. The molecule has 0 heterocycles. The number of alkyl halides is 17. The van der Waals surface area contributed by atoms with Gasteiger partial charge >= 0.3 is 47.8 Å². The van der Waals surface area contributed by atoms with Crippen molar-refractivity contribution < 1.29 is 84.2 Å². The summed E-state index contributed by atoms with van der Waals surface area (Å²) in [6.07, 6.45) is -15.1. The van der Waals surface area contributed by atoms with Crippen molar-refractivity contribution in [3.05, 3.63) is 0 Å². The maximum Gasteiger partial charge on any atom is 0.460 e. The number of quaternary nitrogens is 1. The van der Waals surface area contributed by atoms with Crippen LogP contribution in [0, 0.1) is 0 Å². The largest absolute Gasteiger partial charge is 0.460 e. The molecule has 0 aromatic heterocycles. The van der Waals surface area contributed by atoms with Gasteiger partial charge in [-0.2, -0.15) is 74.6 Å². The third kappa shape index (κ3) is 5.39. The van der Waals surface area contributed by atoms with Gasteiger partial charge < -0.3 is 9.59 Å². The molecule has 0 aliphatic heterocycles. The fourth-order valence-electron chi connectivity index (χ4n) is 1.16. The Balaban J connectivity index is 0. The summed E-state index contributed by atoms with van der Waals surface area (Å²) in [6.45, 7) is 0. The predicted molar refractivity (Wildman–Crippen MR) is 66.9 cm³/mol. The third-order valence-corrected chi connectivity index (χ3v) is 2.71. The van der Waals surface area contributed by atoms with Gasteiger partial charge in [0.15, 0.2) is 0 Å². The Morgan fingerprint density at radius 3 is 0.710 bits per heavy atom. The molecule has 0 radical (unpaired) electrons. The van der Waals surface area contributed by atoms with Crippen LogP contribution in [0.25, 0.3) is 0 Å². The highest BCUT2D eigenvalue weighted by molar-refractivity contribution is 5.14. The van der Waals surface area contributed by atoms with Crippen molar-refractivity contribution in [3.63, 3.8) is 0 Å². The number of hydrogen-bond donors (Lipinski definition) is 1. The Hall–Kier alpha value is -1.27. The second-order valence-corrected chi connectivity index (χ2v) is 7.17. The van der Waals surface area contributed by atoms with E-state index in [-0.39, 0.29) is 0 Å². The maximum atomic E-state index is 12.8. The van der Waals surface area contributed by atoms with Gasteiger partial charge in [0.2, 0.25) is 0 Å². The number of halogens is 17. The minimum absolute atomic E-state index is 1.00. The monoisotopic (exact) mass is 510 g/mol. The van der Waals surface area contributed by atoms with Gasteiger partial charge in [0.25, 0.3) is 0 Å². The van der Waals surface area contributed by atoms with Crippen molar-refractivity contribution in [2.45, 2.75) is 47.8 Å². The van der Waals surface area contributed by atoms with Crippen molar-refractivity contribution in [2.75, 3.05) is 28.2 Å². The number of hydrogen-bond acceptors (Lipinski definition) is 1. The van der Waals surface area contributed by atoms with E-state index in [2.05, 4.69) is 28.2 Å². The first-order valence-corrected chi connectivity index (χ1v) is 6.98. The van der Waals surface area contributed by atoms with Gasteiger partial charge in [-0.15, -0.1) is 0 Å². The summed E-state index contributed by atoms with van der Waals surface area (Å²) in [5.74, 6) is -50.5. The number of aliphatic hydroxyl groups is 1. The van der Waals surface area contributed by atoms with Crippen molar-refractivity contribution in [2.24, 2.45) is 0 Å². The Morgan fingerprint density at radius 1 is 0.387 bits per heavy atom. The van der Waals surface area contributed by atoms with Gasteiger partial charge in [-0.25, -0.2) is 0 Å². The fraction of sp³-hybridized carbons (Fsp3) is 1.00. The highest BCUT2D eigenvalue weighted by Crippen LogP contribution is 2.63. The summed E-state index contributed by atoms with van der Waals surface area (Å²) in [5, 5.41) is 7.34. The summed E-state index contributed by atoms with van der Waals surface area (Å²) in [6, 6.07) is 0. The van der Waals surface area contributed by atoms with Crippen LogP contribution in [0.4, 0.5) is 74.6 Å². The molecule has 0 fully saturated rings. The van der Waals surface area contributed by atoms with Crippen LogP contribution in [-0.2, 0) is 0 Å². The zero-order valence-corrected chi connectivity index (χ0v) is 15.3. The third-order valence-electron chi connectivity index (χ3n) is 2.71. The van der Waals surface area contributed by atoms with E-state index in [0.29, 0.717) is 0 Å². The Labute approximate surface area is 161 Å². The SMILES string of the molecule is C[N+](C)(C)C.OC(F)(F)C(F)(F)C(F)(F)C(F)(F)C(F)(F)C(F)(F)C(F)(F)C(F)(F)F. The summed E-state index contributed by atoms with van der Waals surface area (Å²) < 4.78 is 211. The van der Waals surface area contributed by atoms with Crippen LogP contribution in [0.15, 0.2) is 0 Å². The highest BCUT2D eigenvalue weighted by Gasteiger charge is 2.95. The van der Waals surface area contributed by atoms with Gasteiger partial charge in [0.1, 0.15) is 0 Å². The minimum atomic E-state index is -8.67. The molecule has 1 N–H and O–H groups in total. The molecule has 0 rings (SSSR count). The quantitative estimate of drug-likeness (QED) is 0.382. The lowest BCUT2D eigenvalue weighted by Gasteiger charge is -2.41. The van der Waals surface area contributed by atoms with E-state index >= 15 is 0 Å². The Kier molecular flexibility index (Phi) is 8.18. The Morgan fingerprint density at radius 2 is 0.548 bits per heavy atom. The van der Waals surface area contributed by atoms with E-state index in [1.165, 1.54) is 0 Å². The molecule has 0 aliphatic carbocycles. The zero-order valence-electron chi connectivity index (χ0n) is 15.3. The van der Waals surface area contributed by atoms with Crippen molar-refractivity contribution in [3.8, 4) is 0 Å². The average molecular weight is 510 g/mol. The molecule has 0 unspecified atom stereocenters. The highest BCUT2D eigenvalue weighted by atomic mass is 19.4. The van der Waals surface area contributed by atoms with E-state index in [1.807, 2.05) is 0 Å². The van der Waals surface area contributed by atoms with Crippen LogP contribution >= 0.6 is 0 Å². The van der Waals surface area contributed by atoms with Crippen LogP contribution in [0.1, 0.15) is 0 Å². The molecule has 0 aromatic rings. The Bertz CT molecular complexity index is 556. The molecule has 0 aromatic carbocycles. The van der Waals surface area contributed by atoms with Gasteiger partial charge in [-0.3, -0.25) is 0 Å². The molecule has 190 valence electrons. The molecule has 2 nitrogen and oxygen atoms in total. The van der Waals surface area contributed by atoms with Crippen molar-refractivity contribution in [1.82, 2.24) is 0 Å². The number of nitrogens with zero attached hydrogens (tertiary/aromatic N) is 1. The van der Waals surface area contributed by atoms with Crippen LogP contribution in [-0.4, -0.2) is 85.6 Å². The van der Waals surface area contributed by atoms with Crippen molar-refractivity contribution >= 4 is 0 Å². The smallest absolute Gasteiger partial charge is 0.333 e. The fourth-order valence-corrected chi connectivity index (χ4v) is 1.16. The lowest BCUT2D eigenvalue weighted by molar-refractivity contribution is -0.849. The molecule has 0 atom stereocenters. The molecule has 0 aliphatic rings. The van der Waals surface area contributed by atoms with E-state index in [0.717, 1.165) is 4.48 Å². The minimum Gasteiger partial charge on any atom is -0.333 e. The summed E-state index contributed by atoms with van der Waals surface area (Å²) in [4.78, 5) is 0. The second kappa shape index (κ2) is 7.95. The lowest BCUT2D eigenvalue weighted by atomic mass is 9.91. The van der Waals surface area contributed by atoms with Crippen molar-refractivity contribution in [1.29, 1.82) is 0 Å². The molecule has 0 spiro atoms. The summed E-state index contributed by atoms with van der Waals surface area (Å²) in [5.41, 5.74) is 0. The lowest BCUT2D eigenvalue weighted by Crippen LogP contribution is -2.74. The predicted octanol–water partition coefficient (Wildman–Crippen LogP) is 5.27.